The molecule has 0 radical (unpaired) electrons. The van der Waals surface area contributed by atoms with Gasteiger partial charge in [0.1, 0.15) is 5.82 Å². The van der Waals surface area contributed by atoms with Crippen LogP contribution in [0.15, 0.2) is 102 Å². The summed E-state index contributed by atoms with van der Waals surface area (Å²) in [4.78, 5) is 52.1. The van der Waals surface area contributed by atoms with Gasteiger partial charge in [-0.3, -0.25) is 19.4 Å². The lowest BCUT2D eigenvalue weighted by Gasteiger charge is -2.28. The van der Waals surface area contributed by atoms with Gasteiger partial charge in [-0.1, -0.05) is 48.5 Å². The molecule has 8 heteroatoms. The zero-order valence-electron chi connectivity index (χ0n) is 19.4. The Hall–Kier alpha value is -4.98. The van der Waals surface area contributed by atoms with Crippen LogP contribution in [0.3, 0.4) is 0 Å². The Morgan fingerprint density at radius 2 is 1.35 bits per heavy atom. The first-order valence-electron chi connectivity index (χ1n) is 11.6. The summed E-state index contributed by atoms with van der Waals surface area (Å²) in [6, 6.07) is 23.1. The smallest absolute Gasteiger partial charge is 0.273 e. The molecule has 7 nitrogen and oxygen atoms in total. The van der Waals surface area contributed by atoms with Crippen molar-refractivity contribution in [2.75, 3.05) is 4.90 Å². The third-order valence-electron chi connectivity index (χ3n) is 6.45. The normalized spacial score (nSPS) is 16.8. The zero-order chi connectivity index (χ0) is 25.5. The average Bonchev–Trinajstić information content (AvgIpc) is 3.12. The summed E-state index contributed by atoms with van der Waals surface area (Å²) < 4.78 is 15.1. The number of aromatic nitrogens is 1. The van der Waals surface area contributed by atoms with Crippen LogP contribution in [0.5, 0.6) is 0 Å². The fourth-order valence-corrected chi connectivity index (χ4v) is 4.72. The summed E-state index contributed by atoms with van der Waals surface area (Å²) in [6.07, 6.45) is 1.73. The number of hydrogen-bond donors (Lipinski definition) is 0. The minimum Gasteiger partial charge on any atom is -0.304 e. The summed E-state index contributed by atoms with van der Waals surface area (Å²) in [5.41, 5.74) is 2.46. The van der Waals surface area contributed by atoms with E-state index in [4.69, 9.17) is 0 Å². The molecule has 0 fully saturated rings. The highest BCUT2D eigenvalue weighted by molar-refractivity contribution is 6.25. The van der Waals surface area contributed by atoms with Crippen LogP contribution in [-0.4, -0.2) is 39.5 Å². The third-order valence-corrected chi connectivity index (χ3v) is 6.45. The van der Waals surface area contributed by atoms with E-state index in [0.29, 0.717) is 11.3 Å². The van der Waals surface area contributed by atoms with E-state index in [1.54, 1.807) is 85.2 Å². The second-order valence-electron chi connectivity index (χ2n) is 8.66. The van der Waals surface area contributed by atoms with E-state index in [0.717, 1.165) is 10.5 Å². The Bertz CT molecular complexity index is 1570. The summed E-state index contributed by atoms with van der Waals surface area (Å²) in [7, 11) is 0. The van der Waals surface area contributed by atoms with Crippen LogP contribution in [0.4, 0.5) is 10.1 Å². The number of fused-ring (bicyclic) bond motifs is 2. The second kappa shape index (κ2) is 8.91. The number of amides is 3. The highest BCUT2D eigenvalue weighted by atomic mass is 19.1. The zero-order valence-corrected chi connectivity index (χ0v) is 19.4. The first kappa shape index (κ1) is 22.5. The van der Waals surface area contributed by atoms with Gasteiger partial charge in [0.05, 0.1) is 29.1 Å². The van der Waals surface area contributed by atoms with Gasteiger partial charge in [-0.05, 0) is 42.0 Å². The number of rotatable bonds is 4. The Kier molecular flexibility index (Phi) is 5.41. The average molecular weight is 490 g/mol. The molecule has 0 spiro atoms. The van der Waals surface area contributed by atoms with Crippen molar-refractivity contribution in [2.45, 2.75) is 12.7 Å². The number of aliphatic imine (C=N–C) groups is 1. The molecule has 0 saturated heterocycles. The van der Waals surface area contributed by atoms with Crippen molar-refractivity contribution >= 4 is 29.1 Å². The van der Waals surface area contributed by atoms with Gasteiger partial charge in [0.15, 0.2) is 0 Å². The van der Waals surface area contributed by atoms with Gasteiger partial charge in [0, 0.05) is 23.5 Å². The number of nitrogens with zero attached hydrogens (tertiary/aromatic N) is 4. The van der Waals surface area contributed by atoms with Crippen molar-refractivity contribution in [1.29, 1.82) is 0 Å². The molecule has 1 atom stereocenters. The molecule has 4 aromatic rings. The van der Waals surface area contributed by atoms with Crippen LogP contribution in [0.1, 0.15) is 37.4 Å². The van der Waals surface area contributed by atoms with Gasteiger partial charge in [-0.25, -0.2) is 14.3 Å². The van der Waals surface area contributed by atoms with Gasteiger partial charge in [0.25, 0.3) is 17.7 Å². The van der Waals surface area contributed by atoms with Crippen molar-refractivity contribution in [2.24, 2.45) is 4.99 Å². The molecule has 3 heterocycles. The first-order chi connectivity index (χ1) is 18.0. The molecule has 0 aliphatic carbocycles. The maximum atomic E-state index is 15.1. The standard InChI is InChI=1S/C29H19FN4O3/c30-23-13-5-3-11-21(23)25-22-12-4-6-14-24(22)33(17-18-8-7-15-31-16-18)29(37)26(32-25)34-27(35)19-9-1-2-10-20(19)28(34)36/h1-16,26H,17H2. The monoisotopic (exact) mass is 490 g/mol. The fourth-order valence-electron chi connectivity index (χ4n) is 4.72. The third kappa shape index (κ3) is 3.70. The topological polar surface area (TPSA) is 82.9 Å². The molecule has 180 valence electrons. The van der Waals surface area contributed by atoms with Crippen LogP contribution in [0.2, 0.25) is 0 Å². The lowest BCUT2D eigenvalue weighted by atomic mass is 9.99. The maximum absolute atomic E-state index is 15.1. The predicted molar refractivity (Wildman–Crippen MR) is 135 cm³/mol. The lowest BCUT2D eigenvalue weighted by molar-refractivity contribution is -0.122. The van der Waals surface area contributed by atoms with E-state index >= 15 is 4.39 Å². The van der Waals surface area contributed by atoms with Crippen LogP contribution in [-0.2, 0) is 11.3 Å². The molecule has 0 saturated carbocycles. The number of benzene rings is 3. The highest BCUT2D eigenvalue weighted by Gasteiger charge is 2.46. The Morgan fingerprint density at radius 1 is 0.730 bits per heavy atom. The highest BCUT2D eigenvalue weighted by Crippen LogP contribution is 2.34. The number of halogens is 1. The molecule has 37 heavy (non-hydrogen) atoms. The molecular weight excluding hydrogens is 471 g/mol. The molecule has 1 unspecified atom stereocenters. The summed E-state index contributed by atoms with van der Waals surface area (Å²) >= 11 is 0. The van der Waals surface area contributed by atoms with E-state index < -0.39 is 29.7 Å². The van der Waals surface area contributed by atoms with E-state index in [9.17, 15) is 14.4 Å². The Labute approximate surface area is 211 Å². The van der Waals surface area contributed by atoms with Crippen LogP contribution >= 0.6 is 0 Å². The van der Waals surface area contributed by atoms with Crippen molar-refractivity contribution in [3.63, 3.8) is 0 Å². The quantitative estimate of drug-likeness (QED) is 0.401. The van der Waals surface area contributed by atoms with Crippen molar-refractivity contribution in [3.8, 4) is 0 Å². The van der Waals surface area contributed by atoms with Crippen molar-refractivity contribution < 1.29 is 18.8 Å². The van der Waals surface area contributed by atoms with Gasteiger partial charge < -0.3 is 4.90 Å². The van der Waals surface area contributed by atoms with Crippen molar-refractivity contribution in [3.05, 3.63) is 131 Å². The molecule has 2 aliphatic rings. The fraction of sp³-hybridized carbons (Fsp3) is 0.0690. The Morgan fingerprint density at radius 3 is 2.00 bits per heavy atom. The maximum Gasteiger partial charge on any atom is 0.273 e. The molecule has 3 aromatic carbocycles. The summed E-state index contributed by atoms with van der Waals surface area (Å²) in [5, 5.41) is 0. The van der Waals surface area contributed by atoms with E-state index in [2.05, 4.69) is 9.98 Å². The van der Waals surface area contributed by atoms with Gasteiger partial charge >= 0.3 is 0 Å². The number of imide groups is 1. The van der Waals surface area contributed by atoms with Gasteiger partial charge in [-0.2, -0.15) is 0 Å². The molecule has 0 N–H and O–H groups in total. The number of pyridine rings is 1. The van der Waals surface area contributed by atoms with Crippen molar-refractivity contribution in [1.82, 2.24) is 9.88 Å². The summed E-state index contributed by atoms with van der Waals surface area (Å²) in [6.45, 7) is 0.115. The first-order valence-corrected chi connectivity index (χ1v) is 11.6. The van der Waals surface area contributed by atoms with Crippen LogP contribution in [0, 0.1) is 5.82 Å². The van der Waals surface area contributed by atoms with E-state index in [-0.39, 0.29) is 28.9 Å². The van der Waals surface area contributed by atoms with Gasteiger partial charge in [0.2, 0.25) is 6.17 Å². The molecule has 3 amide bonds. The largest absolute Gasteiger partial charge is 0.304 e. The number of hydrogen-bond acceptors (Lipinski definition) is 5. The molecule has 1 aromatic heterocycles. The van der Waals surface area contributed by atoms with Crippen LogP contribution in [0.25, 0.3) is 0 Å². The Balaban J connectivity index is 1.57. The predicted octanol–water partition coefficient (Wildman–Crippen LogP) is 4.23. The molecule has 0 bridgehead atoms. The number of anilines is 1. The number of para-hydroxylation sites is 1. The van der Waals surface area contributed by atoms with Gasteiger partial charge in [-0.15, -0.1) is 0 Å². The minimum atomic E-state index is -1.54. The van der Waals surface area contributed by atoms with E-state index in [1.807, 2.05) is 6.07 Å². The van der Waals surface area contributed by atoms with E-state index in [1.165, 1.54) is 11.0 Å². The van der Waals surface area contributed by atoms with Crippen LogP contribution < -0.4 is 4.90 Å². The second-order valence-corrected chi connectivity index (χ2v) is 8.66. The number of carbonyl (C=O) groups is 3. The molecular formula is C29H19FN4O3. The SMILES string of the molecule is O=C1C(N2C(=O)c3ccccc3C2=O)N=C(c2ccccc2F)c2ccccc2N1Cc1cccnc1. The lowest BCUT2D eigenvalue weighted by Crippen LogP contribution is -2.49. The minimum absolute atomic E-state index is 0.115. The summed E-state index contributed by atoms with van der Waals surface area (Å²) in [5.74, 6) is -2.37. The number of benzodiazepines with no additional fused rings is 1. The molecule has 6 rings (SSSR count). The molecule has 2 aliphatic heterocycles. The number of carbonyl (C=O) groups excluding carboxylic acids is 3.